The van der Waals surface area contributed by atoms with Crippen LogP contribution in [0, 0.1) is 0 Å². The van der Waals surface area contributed by atoms with E-state index in [4.69, 9.17) is 9.47 Å². The molecule has 3 aliphatic rings. The number of nitrogens with zero attached hydrogens (tertiary/aromatic N) is 1. The normalized spacial score (nSPS) is 23.0. The molecule has 0 aliphatic carbocycles. The Morgan fingerprint density at radius 3 is 3.08 bits per heavy atom. The zero-order chi connectivity index (χ0) is 17.7. The fourth-order valence-corrected chi connectivity index (χ4v) is 4.75. The summed E-state index contributed by atoms with van der Waals surface area (Å²) in [7, 11) is 1.61. The van der Waals surface area contributed by atoms with Gasteiger partial charge in [0.15, 0.2) is 6.29 Å². The number of ether oxygens (including phenoxy) is 2. The molecule has 2 aromatic carbocycles. The van der Waals surface area contributed by atoms with Crippen molar-refractivity contribution in [1.82, 2.24) is 5.32 Å². The van der Waals surface area contributed by atoms with E-state index in [-0.39, 0.29) is 0 Å². The van der Waals surface area contributed by atoms with E-state index >= 15 is 0 Å². The second kappa shape index (κ2) is 6.02. The summed E-state index contributed by atoms with van der Waals surface area (Å²) in [6.07, 6.45) is 2.06. The van der Waals surface area contributed by atoms with E-state index < -0.39 is 0 Å². The van der Waals surface area contributed by atoms with Crippen molar-refractivity contribution in [2.24, 2.45) is 0 Å². The lowest BCUT2D eigenvalue weighted by atomic mass is 9.88. The average molecular weight is 350 g/mol. The lowest BCUT2D eigenvalue weighted by Crippen LogP contribution is -2.46. The van der Waals surface area contributed by atoms with Crippen molar-refractivity contribution < 1.29 is 14.3 Å². The fraction of sp³-hybridized carbons (Fsp3) is 0.381. The number of methoxy groups -OCH3 is 1. The van der Waals surface area contributed by atoms with Crippen LogP contribution in [-0.2, 0) is 0 Å². The lowest BCUT2D eigenvalue weighted by Gasteiger charge is -2.36. The number of nitrogens with one attached hydrogen (secondary N) is 1. The smallest absolute Gasteiger partial charge is 0.150 e. The maximum Gasteiger partial charge on any atom is 0.150 e. The molecule has 0 saturated carbocycles. The van der Waals surface area contributed by atoms with E-state index in [1.807, 2.05) is 12.1 Å². The van der Waals surface area contributed by atoms with Gasteiger partial charge in [-0.2, -0.15) is 0 Å². The second-order valence-corrected chi connectivity index (χ2v) is 7.19. The van der Waals surface area contributed by atoms with Crippen LogP contribution >= 0.6 is 0 Å². The largest absolute Gasteiger partial charge is 0.497 e. The second-order valence-electron chi connectivity index (χ2n) is 7.19. The molecule has 0 bridgehead atoms. The quantitative estimate of drug-likeness (QED) is 0.863. The number of piperidine rings is 1. The summed E-state index contributed by atoms with van der Waals surface area (Å²) >= 11 is 0. The van der Waals surface area contributed by atoms with Gasteiger partial charge >= 0.3 is 0 Å². The third-order valence-corrected chi connectivity index (χ3v) is 5.92. The number of carbonyl (C=O) groups is 1. The van der Waals surface area contributed by atoms with Gasteiger partial charge in [-0.05, 0) is 60.0 Å². The number of hydrogen-bond acceptors (Lipinski definition) is 5. The monoisotopic (exact) mass is 350 g/mol. The van der Waals surface area contributed by atoms with E-state index in [0.717, 1.165) is 55.8 Å². The van der Waals surface area contributed by atoms with Crippen molar-refractivity contribution in [3.63, 3.8) is 0 Å². The van der Waals surface area contributed by atoms with Crippen molar-refractivity contribution in [2.75, 3.05) is 38.3 Å². The van der Waals surface area contributed by atoms with Crippen molar-refractivity contribution in [3.8, 4) is 22.6 Å². The Kier molecular flexibility index (Phi) is 3.64. The van der Waals surface area contributed by atoms with Crippen LogP contribution in [0.2, 0.25) is 0 Å². The van der Waals surface area contributed by atoms with Crippen LogP contribution in [0.25, 0.3) is 11.1 Å². The summed E-state index contributed by atoms with van der Waals surface area (Å²) in [4.78, 5) is 14.2. The van der Waals surface area contributed by atoms with Crippen LogP contribution < -0.4 is 19.7 Å². The minimum Gasteiger partial charge on any atom is -0.497 e. The number of benzene rings is 2. The van der Waals surface area contributed by atoms with E-state index in [1.165, 1.54) is 11.3 Å². The van der Waals surface area contributed by atoms with Gasteiger partial charge in [-0.15, -0.1) is 0 Å². The molecule has 0 unspecified atom stereocenters. The maximum absolute atomic E-state index is 11.6. The van der Waals surface area contributed by atoms with Crippen LogP contribution in [0.5, 0.6) is 11.5 Å². The van der Waals surface area contributed by atoms with Crippen molar-refractivity contribution in [2.45, 2.75) is 18.4 Å². The molecule has 134 valence electrons. The van der Waals surface area contributed by atoms with Gasteiger partial charge < -0.3 is 19.7 Å². The molecule has 1 saturated heterocycles. The van der Waals surface area contributed by atoms with E-state index in [2.05, 4.69) is 22.3 Å². The van der Waals surface area contributed by atoms with E-state index in [1.54, 1.807) is 13.2 Å². The molecule has 3 aliphatic heterocycles. The van der Waals surface area contributed by atoms with Crippen LogP contribution in [0.4, 0.5) is 5.69 Å². The lowest BCUT2D eigenvalue weighted by molar-refractivity contribution is 0.112. The highest BCUT2D eigenvalue weighted by atomic mass is 16.5. The highest BCUT2D eigenvalue weighted by molar-refractivity contribution is 5.90. The third kappa shape index (κ3) is 2.23. The van der Waals surface area contributed by atoms with Crippen molar-refractivity contribution >= 4 is 12.0 Å². The summed E-state index contributed by atoms with van der Waals surface area (Å²) in [5, 5.41) is 3.54. The number of rotatable bonds is 3. The molecule has 5 nitrogen and oxygen atoms in total. The summed E-state index contributed by atoms with van der Waals surface area (Å²) in [6.45, 7) is 3.75. The predicted octanol–water partition coefficient (Wildman–Crippen LogP) is 2.83. The van der Waals surface area contributed by atoms with Crippen LogP contribution in [0.3, 0.4) is 0 Å². The summed E-state index contributed by atoms with van der Waals surface area (Å²) in [6, 6.07) is 10.6. The minimum absolute atomic E-state index is 0.483. The highest BCUT2D eigenvalue weighted by Crippen LogP contribution is 2.51. The molecule has 5 heteroatoms. The van der Waals surface area contributed by atoms with Gasteiger partial charge in [-0.1, -0.05) is 0 Å². The zero-order valence-electron chi connectivity index (χ0n) is 14.8. The van der Waals surface area contributed by atoms with E-state index in [9.17, 15) is 4.79 Å². The number of fused-ring (bicyclic) bond motifs is 3. The SMILES string of the molecule is COc1ccc(-c2cc3c4c(c2)[C@@H]2CNCC[C@@H]2N4CCO3)c(C=O)c1. The molecule has 5 rings (SSSR count). The first-order valence-electron chi connectivity index (χ1n) is 9.22. The van der Waals surface area contributed by atoms with Gasteiger partial charge in [0.05, 0.1) is 19.3 Å². The van der Waals surface area contributed by atoms with Crippen LogP contribution in [-0.4, -0.2) is 45.7 Å². The Labute approximate surface area is 152 Å². The first-order valence-corrected chi connectivity index (χ1v) is 9.22. The summed E-state index contributed by atoms with van der Waals surface area (Å²) < 4.78 is 11.3. The first-order chi connectivity index (χ1) is 12.8. The zero-order valence-corrected chi connectivity index (χ0v) is 14.8. The topological polar surface area (TPSA) is 50.8 Å². The molecule has 2 aromatic rings. The van der Waals surface area contributed by atoms with E-state index in [0.29, 0.717) is 23.3 Å². The Morgan fingerprint density at radius 1 is 1.31 bits per heavy atom. The molecule has 2 atom stereocenters. The van der Waals surface area contributed by atoms with Gasteiger partial charge in [0, 0.05) is 24.1 Å². The molecule has 3 heterocycles. The Morgan fingerprint density at radius 2 is 2.23 bits per heavy atom. The van der Waals surface area contributed by atoms with Gasteiger partial charge in [0.2, 0.25) is 0 Å². The average Bonchev–Trinajstić information content (AvgIpc) is 3.03. The van der Waals surface area contributed by atoms with Crippen LogP contribution in [0.15, 0.2) is 30.3 Å². The molecule has 0 aromatic heterocycles. The molecule has 0 spiro atoms. The van der Waals surface area contributed by atoms with Gasteiger partial charge in [0.1, 0.15) is 18.1 Å². The first kappa shape index (κ1) is 15.7. The number of carbonyl (C=O) groups excluding carboxylic acids is 1. The molecule has 1 fully saturated rings. The number of hydrogen-bond donors (Lipinski definition) is 1. The van der Waals surface area contributed by atoms with Crippen molar-refractivity contribution in [3.05, 3.63) is 41.5 Å². The fourth-order valence-electron chi connectivity index (χ4n) is 4.75. The highest BCUT2D eigenvalue weighted by Gasteiger charge is 2.43. The molecular formula is C21H22N2O3. The Bertz CT molecular complexity index is 880. The Balaban J connectivity index is 1.67. The number of anilines is 1. The third-order valence-electron chi connectivity index (χ3n) is 5.92. The molecular weight excluding hydrogens is 328 g/mol. The maximum atomic E-state index is 11.6. The van der Waals surface area contributed by atoms with Crippen LogP contribution in [0.1, 0.15) is 28.3 Å². The molecule has 1 N–H and O–H groups in total. The molecule has 26 heavy (non-hydrogen) atoms. The van der Waals surface area contributed by atoms with Gasteiger partial charge in [-0.25, -0.2) is 0 Å². The minimum atomic E-state index is 0.483. The Hall–Kier alpha value is -2.53. The van der Waals surface area contributed by atoms with Gasteiger partial charge in [-0.3, -0.25) is 4.79 Å². The summed E-state index contributed by atoms with van der Waals surface area (Å²) in [5.74, 6) is 2.13. The molecule has 0 amide bonds. The van der Waals surface area contributed by atoms with Gasteiger partial charge in [0.25, 0.3) is 0 Å². The summed E-state index contributed by atoms with van der Waals surface area (Å²) in [5.41, 5.74) is 5.21. The molecule has 0 radical (unpaired) electrons. The van der Waals surface area contributed by atoms with Crippen molar-refractivity contribution in [1.29, 1.82) is 0 Å². The predicted molar refractivity (Wildman–Crippen MR) is 101 cm³/mol. The standard InChI is InChI=1S/C21H22N2O3/c1-25-15-2-3-16(14(8-15)12-24)13-9-17-18-11-22-5-4-19(18)23-6-7-26-20(10-13)21(17)23/h2-3,8-10,12,18-19,22H,4-7,11H2,1H3/t18-,19-/m0/s1. The number of aldehydes is 1.